The van der Waals surface area contributed by atoms with E-state index in [1.807, 2.05) is 0 Å². The highest BCUT2D eigenvalue weighted by atomic mass is 16.5. The summed E-state index contributed by atoms with van der Waals surface area (Å²) >= 11 is 0. The van der Waals surface area contributed by atoms with Crippen LogP contribution in [0.1, 0.15) is 16.9 Å². The minimum absolute atomic E-state index is 0.00893. The highest BCUT2D eigenvalue weighted by molar-refractivity contribution is 5.90. The molecule has 0 fully saturated rings. The van der Waals surface area contributed by atoms with Gasteiger partial charge in [0.1, 0.15) is 5.82 Å². The van der Waals surface area contributed by atoms with Crippen LogP contribution in [0.15, 0.2) is 12.1 Å². The SMILES string of the molecule is COCC(N)CCNc1ccc(C(N)=O)nn1. The van der Waals surface area contributed by atoms with Gasteiger partial charge in [0.2, 0.25) is 0 Å². The van der Waals surface area contributed by atoms with Gasteiger partial charge in [-0.25, -0.2) is 0 Å². The van der Waals surface area contributed by atoms with Crippen LogP contribution in [0.2, 0.25) is 0 Å². The fourth-order valence-corrected chi connectivity index (χ4v) is 1.24. The van der Waals surface area contributed by atoms with E-state index in [4.69, 9.17) is 16.2 Å². The fraction of sp³-hybridized carbons (Fsp3) is 0.500. The molecule has 0 saturated heterocycles. The summed E-state index contributed by atoms with van der Waals surface area (Å²) in [6.45, 7) is 1.18. The summed E-state index contributed by atoms with van der Waals surface area (Å²) in [7, 11) is 1.61. The molecule has 0 aliphatic rings. The molecule has 94 valence electrons. The van der Waals surface area contributed by atoms with Gasteiger partial charge in [-0.2, -0.15) is 0 Å². The molecule has 0 saturated carbocycles. The maximum atomic E-state index is 10.8. The van der Waals surface area contributed by atoms with E-state index in [0.717, 1.165) is 6.42 Å². The van der Waals surface area contributed by atoms with Crippen molar-refractivity contribution in [2.24, 2.45) is 11.5 Å². The van der Waals surface area contributed by atoms with Crippen molar-refractivity contribution in [2.45, 2.75) is 12.5 Å². The minimum Gasteiger partial charge on any atom is -0.383 e. The van der Waals surface area contributed by atoms with E-state index in [1.165, 1.54) is 6.07 Å². The van der Waals surface area contributed by atoms with Crippen molar-refractivity contribution in [3.05, 3.63) is 17.8 Å². The monoisotopic (exact) mass is 239 g/mol. The van der Waals surface area contributed by atoms with Gasteiger partial charge in [-0.3, -0.25) is 4.79 Å². The zero-order chi connectivity index (χ0) is 12.7. The molecule has 1 aromatic heterocycles. The van der Waals surface area contributed by atoms with Gasteiger partial charge in [0.05, 0.1) is 6.61 Å². The van der Waals surface area contributed by atoms with Crippen LogP contribution in [0.3, 0.4) is 0 Å². The molecule has 1 heterocycles. The number of primary amides is 1. The molecule has 17 heavy (non-hydrogen) atoms. The van der Waals surface area contributed by atoms with Gasteiger partial charge in [0.15, 0.2) is 5.69 Å². The first-order valence-corrected chi connectivity index (χ1v) is 5.25. The number of nitrogens with one attached hydrogen (secondary N) is 1. The number of nitrogens with two attached hydrogens (primary N) is 2. The molecule has 7 nitrogen and oxygen atoms in total. The summed E-state index contributed by atoms with van der Waals surface area (Å²) in [4.78, 5) is 10.8. The number of anilines is 1. The van der Waals surface area contributed by atoms with E-state index < -0.39 is 5.91 Å². The first-order valence-electron chi connectivity index (χ1n) is 5.25. The highest BCUT2D eigenvalue weighted by Crippen LogP contribution is 2.02. The molecule has 0 spiro atoms. The number of hydrogen-bond acceptors (Lipinski definition) is 6. The molecular weight excluding hydrogens is 222 g/mol. The van der Waals surface area contributed by atoms with Crippen molar-refractivity contribution >= 4 is 11.7 Å². The number of rotatable bonds is 7. The maximum absolute atomic E-state index is 10.8. The molecule has 0 aromatic carbocycles. The van der Waals surface area contributed by atoms with E-state index >= 15 is 0 Å². The smallest absolute Gasteiger partial charge is 0.269 e. The van der Waals surface area contributed by atoms with Crippen LogP contribution in [0.4, 0.5) is 5.82 Å². The lowest BCUT2D eigenvalue weighted by Crippen LogP contribution is -2.28. The molecule has 5 N–H and O–H groups in total. The number of methoxy groups -OCH3 is 1. The second kappa shape index (κ2) is 6.77. The van der Waals surface area contributed by atoms with Crippen molar-refractivity contribution in [3.63, 3.8) is 0 Å². The van der Waals surface area contributed by atoms with Crippen LogP contribution in [0.5, 0.6) is 0 Å². The minimum atomic E-state index is -0.592. The molecule has 0 aliphatic heterocycles. The number of hydrogen-bond donors (Lipinski definition) is 3. The molecule has 1 unspecified atom stereocenters. The maximum Gasteiger partial charge on any atom is 0.269 e. The van der Waals surface area contributed by atoms with Gasteiger partial charge in [0.25, 0.3) is 5.91 Å². The van der Waals surface area contributed by atoms with Crippen LogP contribution < -0.4 is 16.8 Å². The Hall–Kier alpha value is -1.73. The molecule has 0 bridgehead atoms. The number of aromatic nitrogens is 2. The lowest BCUT2D eigenvalue weighted by molar-refractivity contribution is 0.0994. The summed E-state index contributed by atoms with van der Waals surface area (Å²) in [5.41, 5.74) is 10.9. The molecule has 1 amide bonds. The third-order valence-corrected chi connectivity index (χ3v) is 2.12. The zero-order valence-corrected chi connectivity index (χ0v) is 9.72. The van der Waals surface area contributed by atoms with E-state index in [-0.39, 0.29) is 11.7 Å². The van der Waals surface area contributed by atoms with Crippen LogP contribution in [-0.2, 0) is 4.74 Å². The lowest BCUT2D eigenvalue weighted by Gasteiger charge is -2.10. The highest BCUT2D eigenvalue weighted by Gasteiger charge is 2.04. The molecule has 0 aliphatic carbocycles. The van der Waals surface area contributed by atoms with Crippen molar-refractivity contribution in [3.8, 4) is 0 Å². The van der Waals surface area contributed by atoms with E-state index in [1.54, 1.807) is 13.2 Å². The number of carbonyl (C=O) groups is 1. The quantitative estimate of drug-likeness (QED) is 0.582. The Bertz CT molecular complexity index is 354. The first kappa shape index (κ1) is 13.3. The number of ether oxygens (including phenoxy) is 1. The van der Waals surface area contributed by atoms with Crippen molar-refractivity contribution in [2.75, 3.05) is 25.6 Å². The Balaban J connectivity index is 2.34. The van der Waals surface area contributed by atoms with Gasteiger partial charge in [0, 0.05) is 19.7 Å². The van der Waals surface area contributed by atoms with Gasteiger partial charge in [-0.15, -0.1) is 10.2 Å². The van der Waals surface area contributed by atoms with Crippen molar-refractivity contribution < 1.29 is 9.53 Å². The third kappa shape index (κ3) is 4.75. The van der Waals surface area contributed by atoms with Crippen LogP contribution >= 0.6 is 0 Å². The Morgan fingerprint density at radius 3 is 2.82 bits per heavy atom. The Labute approximate surface area is 99.5 Å². The summed E-state index contributed by atoms with van der Waals surface area (Å²) < 4.78 is 4.92. The van der Waals surface area contributed by atoms with Crippen molar-refractivity contribution in [1.29, 1.82) is 0 Å². The van der Waals surface area contributed by atoms with Crippen molar-refractivity contribution in [1.82, 2.24) is 10.2 Å². The second-order valence-electron chi connectivity index (χ2n) is 3.60. The Kier molecular flexibility index (Phi) is 5.31. The van der Waals surface area contributed by atoms with E-state index in [9.17, 15) is 4.79 Å². The van der Waals surface area contributed by atoms with E-state index in [0.29, 0.717) is 19.0 Å². The molecule has 1 rings (SSSR count). The molecule has 1 atom stereocenters. The second-order valence-corrected chi connectivity index (χ2v) is 3.60. The van der Waals surface area contributed by atoms with Crippen LogP contribution in [0, 0.1) is 0 Å². The predicted molar refractivity (Wildman–Crippen MR) is 63.5 cm³/mol. The van der Waals surface area contributed by atoms with Gasteiger partial charge < -0.3 is 21.5 Å². The average molecular weight is 239 g/mol. The Morgan fingerprint density at radius 1 is 1.53 bits per heavy atom. The number of nitrogens with zero attached hydrogens (tertiary/aromatic N) is 2. The summed E-state index contributed by atoms with van der Waals surface area (Å²) in [5, 5.41) is 10.5. The topological polar surface area (TPSA) is 116 Å². The van der Waals surface area contributed by atoms with E-state index in [2.05, 4.69) is 15.5 Å². The predicted octanol–water partition coefficient (Wildman–Crippen LogP) is -0.649. The lowest BCUT2D eigenvalue weighted by atomic mass is 10.2. The van der Waals surface area contributed by atoms with Gasteiger partial charge in [-0.05, 0) is 18.6 Å². The van der Waals surface area contributed by atoms with Crippen LogP contribution in [0.25, 0.3) is 0 Å². The largest absolute Gasteiger partial charge is 0.383 e. The fourth-order valence-electron chi connectivity index (χ4n) is 1.24. The number of carbonyl (C=O) groups excluding carboxylic acids is 1. The molecule has 0 radical (unpaired) electrons. The molecular formula is C10H17N5O2. The summed E-state index contributed by atoms with van der Waals surface area (Å²) in [6, 6.07) is 3.16. The number of amides is 1. The molecule has 1 aromatic rings. The average Bonchev–Trinajstić information content (AvgIpc) is 2.30. The third-order valence-electron chi connectivity index (χ3n) is 2.12. The normalized spacial score (nSPS) is 12.1. The standard InChI is InChI=1S/C10H17N5O2/c1-17-6-7(11)4-5-13-9-3-2-8(10(12)16)14-15-9/h2-3,7H,4-6,11H2,1H3,(H2,12,16)(H,13,15). The first-order chi connectivity index (χ1) is 8.13. The summed E-state index contributed by atoms with van der Waals surface area (Å²) in [5.74, 6) is -0.00853. The zero-order valence-electron chi connectivity index (χ0n) is 9.72. The van der Waals surface area contributed by atoms with Crippen LogP contribution in [-0.4, -0.2) is 42.4 Å². The van der Waals surface area contributed by atoms with Gasteiger partial charge >= 0.3 is 0 Å². The Morgan fingerprint density at radius 2 is 2.29 bits per heavy atom. The molecule has 7 heteroatoms. The summed E-state index contributed by atoms with van der Waals surface area (Å²) in [6.07, 6.45) is 0.757. The van der Waals surface area contributed by atoms with Gasteiger partial charge in [-0.1, -0.05) is 0 Å².